The van der Waals surface area contributed by atoms with Crippen LogP contribution in [0.4, 0.5) is 8.78 Å². The van der Waals surface area contributed by atoms with Crippen molar-refractivity contribution in [1.82, 2.24) is 5.32 Å². The Balaban J connectivity index is 2.79. The van der Waals surface area contributed by atoms with Gasteiger partial charge in [-0.1, -0.05) is 27.7 Å². The van der Waals surface area contributed by atoms with E-state index >= 15 is 0 Å². The minimum atomic E-state index is -0.823. The van der Waals surface area contributed by atoms with Crippen molar-refractivity contribution >= 4 is 5.91 Å². The second-order valence-corrected chi connectivity index (χ2v) is 5.94. The molecule has 0 bridgehead atoms. The molecule has 0 radical (unpaired) electrons. The smallest absolute Gasteiger partial charge is 0.254 e. The van der Waals surface area contributed by atoms with Gasteiger partial charge < -0.3 is 5.32 Å². The van der Waals surface area contributed by atoms with Crippen LogP contribution in [0.2, 0.25) is 0 Å². The van der Waals surface area contributed by atoms with Crippen LogP contribution in [0.3, 0.4) is 0 Å². The Labute approximate surface area is 119 Å². The molecule has 0 atom stereocenters. The summed E-state index contributed by atoms with van der Waals surface area (Å²) in [6, 6.07) is 2.01. The lowest BCUT2D eigenvalue weighted by atomic mass is 9.85. The highest BCUT2D eigenvalue weighted by Crippen LogP contribution is 2.20. The van der Waals surface area contributed by atoms with Crippen molar-refractivity contribution in [2.24, 2.45) is 17.8 Å². The average molecular weight is 283 g/mol. The van der Waals surface area contributed by atoms with Gasteiger partial charge >= 0.3 is 0 Å². The van der Waals surface area contributed by atoms with Crippen LogP contribution in [-0.2, 0) is 0 Å². The largest absolute Gasteiger partial charge is 0.352 e. The topological polar surface area (TPSA) is 29.1 Å². The lowest BCUT2D eigenvalue weighted by molar-refractivity contribution is 0.0933. The normalized spacial score (nSPS) is 11.5. The molecular formula is C16H23F2NO. The van der Waals surface area contributed by atoms with Crippen molar-refractivity contribution in [3.05, 3.63) is 34.9 Å². The van der Waals surface area contributed by atoms with Crippen molar-refractivity contribution in [3.8, 4) is 0 Å². The molecule has 1 amide bonds. The fourth-order valence-electron chi connectivity index (χ4n) is 2.38. The molecule has 0 saturated heterocycles. The van der Waals surface area contributed by atoms with Gasteiger partial charge in [-0.05, 0) is 36.3 Å². The third-order valence-electron chi connectivity index (χ3n) is 3.70. The van der Waals surface area contributed by atoms with Crippen molar-refractivity contribution in [2.75, 3.05) is 6.54 Å². The Bertz CT molecular complexity index is 476. The number of hydrogen-bond acceptors (Lipinski definition) is 1. The molecule has 0 aliphatic rings. The van der Waals surface area contributed by atoms with Gasteiger partial charge in [0.15, 0.2) is 0 Å². The highest BCUT2D eigenvalue weighted by atomic mass is 19.1. The molecule has 0 fully saturated rings. The van der Waals surface area contributed by atoms with Gasteiger partial charge in [-0.3, -0.25) is 4.79 Å². The first-order valence-electron chi connectivity index (χ1n) is 6.97. The third-order valence-corrected chi connectivity index (χ3v) is 3.70. The maximum atomic E-state index is 13.6. The van der Waals surface area contributed by atoms with Gasteiger partial charge in [0.1, 0.15) is 11.6 Å². The molecular weight excluding hydrogens is 260 g/mol. The summed E-state index contributed by atoms with van der Waals surface area (Å²) in [5, 5.41) is 2.75. The Hall–Kier alpha value is -1.45. The van der Waals surface area contributed by atoms with Crippen LogP contribution in [0.15, 0.2) is 12.1 Å². The third kappa shape index (κ3) is 4.02. The zero-order valence-electron chi connectivity index (χ0n) is 12.8. The molecule has 0 aliphatic heterocycles. The number of aryl methyl sites for hydroxylation is 1. The van der Waals surface area contributed by atoms with Crippen LogP contribution in [0.5, 0.6) is 0 Å². The molecule has 0 aromatic heterocycles. The summed E-state index contributed by atoms with van der Waals surface area (Å²) in [5.41, 5.74) is 0.163. The Morgan fingerprint density at radius 1 is 1.10 bits per heavy atom. The van der Waals surface area contributed by atoms with E-state index in [9.17, 15) is 13.6 Å². The monoisotopic (exact) mass is 283 g/mol. The maximum absolute atomic E-state index is 13.6. The highest BCUT2D eigenvalue weighted by molar-refractivity contribution is 5.94. The van der Waals surface area contributed by atoms with Crippen molar-refractivity contribution in [3.63, 3.8) is 0 Å². The fraction of sp³-hybridized carbons (Fsp3) is 0.562. The minimum absolute atomic E-state index is 0.102. The zero-order valence-corrected chi connectivity index (χ0v) is 12.8. The van der Waals surface area contributed by atoms with Crippen molar-refractivity contribution in [2.45, 2.75) is 34.6 Å². The first-order valence-corrected chi connectivity index (χ1v) is 6.97. The van der Waals surface area contributed by atoms with Crippen LogP contribution < -0.4 is 5.32 Å². The quantitative estimate of drug-likeness (QED) is 0.871. The van der Waals surface area contributed by atoms with Gasteiger partial charge in [-0.15, -0.1) is 0 Å². The van der Waals surface area contributed by atoms with Crippen molar-refractivity contribution < 1.29 is 13.6 Å². The Morgan fingerprint density at radius 2 is 1.65 bits per heavy atom. The number of halogens is 2. The van der Waals surface area contributed by atoms with Gasteiger partial charge in [0.2, 0.25) is 0 Å². The van der Waals surface area contributed by atoms with Gasteiger partial charge in [0, 0.05) is 12.6 Å². The summed E-state index contributed by atoms with van der Waals surface area (Å²) in [6.07, 6.45) is 0. The Morgan fingerprint density at radius 3 is 2.15 bits per heavy atom. The van der Waals surface area contributed by atoms with Crippen LogP contribution in [-0.4, -0.2) is 12.5 Å². The minimum Gasteiger partial charge on any atom is -0.352 e. The molecule has 0 saturated carbocycles. The number of carbonyl (C=O) groups excluding carboxylic acids is 1. The van der Waals surface area contributed by atoms with Gasteiger partial charge in [-0.25, -0.2) is 8.78 Å². The molecule has 1 aromatic rings. The van der Waals surface area contributed by atoms with E-state index in [0.29, 0.717) is 24.3 Å². The van der Waals surface area contributed by atoms with Gasteiger partial charge in [-0.2, -0.15) is 0 Å². The van der Waals surface area contributed by atoms with E-state index in [2.05, 4.69) is 33.0 Å². The van der Waals surface area contributed by atoms with Crippen LogP contribution >= 0.6 is 0 Å². The predicted molar refractivity (Wildman–Crippen MR) is 76.6 cm³/mol. The number of amides is 1. The Kier molecular flexibility index (Phi) is 5.66. The number of benzene rings is 1. The van der Waals surface area contributed by atoms with Crippen LogP contribution in [0.1, 0.15) is 43.6 Å². The highest BCUT2D eigenvalue weighted by Gasteiger charge is 2.20. The van der Waals surface area contributed by atoms with Crippen LogP contribution in [0.25, 0.3) is 0 Å². The molecule has 20 heavy (non-hydrogen) atoms. The van der Waals surface area contributed by atoms with Gasteiger partial charge in [0.05, 0.1) is 5.56 Å². The maximum Gasteiger partial charge on any atom is 0.254 e. The fourth-order valence-corrected chi connectivity index (χ4v) is 2.38. The summed E-state index contributed by atoms with van der Waals surface area (Å²) in [7, 11) is 0. The number of hydrogen-bond donors (Lipinski definition) is 1. The van der Waals surface area contributed by atoms with E-state index in [1.165, 1.54) is 13.0 Å². The van der Waals surface area contributed by atoms with Gasteiger partial charge in [0.25, 0.3) is 5.91 Å². The standard InChI is InChI=1S/C16H23F2NO/c1-9(2)13(10(3)4)8-19-16(20)12-6-11(5)14(17)7-15(12)18/h6-7,9-10,13H,8H2,1-5H3,(H,19,20). The number of carbonyl (C=O) groups is 1. The zero-order chi connectivity index (χ0) is 15.4. The molecule has 0 unspecified atom stereocenters. The average Bonchev–Trinajstić information content (AvgIpc) is 2.32. The first kappa shape index (κ1) is 16.6. The van der Waals surface area contributed by atoms with E-state index in [0.717, 1.165) is 6.07 Å². The lowest BCUT2D eigenvalue weighted by Crippen LogP contribution is -2.34. The predicted octanol–water partition coefficient (Wildman–Crippen LogP) is 3.93. The summed E-state index contributed by atoms with van der Waals surface area (Å²) in [5.74, 6) is -0.775. The van der Waals surface area contributed by atoms with E-state index < -0.39 is 17.5 Å². The molecule has 0 aliphatic carbocycles. The van der Waals surface area contributed by atoms with Crippen molar-refractivity contribution in [1.29, 1.82) is 0 Å². The molecule has 1 N–H and O–H groups in total. The summed E-state index contributed by atoms with van der Waals surface area (Å²) < 4.78 is 26.8. The molecule has 4 heteroatoms. The number of rotatable bonds is 5. The van der Waals surface area contributed by atoms with E-state index in [1.807, 2.05) is 0 Å². The molecule has 0 heterocycles. The molecule has 1 rings (SSSR count). The number of nitrogens with one attached hydrogen (secondary N) is 1. The van der Waals surface area contributed by atoms with E-state index in [-0.39, 0.29) is 11.1 Å². The van der Waals surface area contributed by atoms with E-state index in [4.69, 9.17) is 0 Å². The molecule has 0 spiro atoms. The molecule has 2 nitrogen and oxygen atoms in total. The van der Waals surface area contributed by atoms with E-state index in [1.54, 1.807) is 0 Å². The summed E-state index contributed by atoms with van der Waals surface area (Å²) >= 11 is 0. The second-order valence-electron chi connectivity index (χ2n) is 5.94. The first-order chi connectivity index (χ1) is 9.23. The van der Waals surface area contributed by atoms with Crippen LogP contribution in [0, 0.1) is 36.3 Å². The summed E-state index contributed by atoms with van der Waals surface area (Å²) in [4.78, 5) is 12.0. The summed E-state index contributed by atoms with van der Waals surface area (Å²) in [6.45, 7) is 10.4. The lowest BCUT2D eigenvalue weighted by Gasteiger charge is -2.25. The SMILES string of the molecule is Cc1cc(C(=O)NCC(C(C)C)C(C)C)c(F)cc1F. The molecule has 112 valence electrons. The second kappa shape index (κ2) is 6.82. The molecule has 1 aromatic carbocycles.